The largest absolute Gasteiger partial charge is 0.352 e. The lowest BCUT2D eigenvalue weighted by atomic mass is 10.0. The van der Waals surface area contributed by atoms with E-state index in [1.165, 1.54) is 19.3 Å². The van der Waals surface area contributed by atoms with Crippen LogP contribution in [-0.4, -0.2) is 17.3 Å². The summed E-state index contributed by atoms with van der Waals surface area (Å²) in [5.74, 6) is 0.649. The van der Waals surface area contributed by atoms with Crippen LogP contribution in [0.5, 0.6) is 0 Å². The molecule has 2 rings (SSSR count). The number of hydrogen-bond acceptors (Lipinski definition) is 1. The molecule has 2 nitrogen and oxygen atoms in total. The summed E-state index contributed by atoms with van der Waals surface area (Å²) < 4.78 is 0. The summed E-state index contributed by atoms with van der Waals surface area (Å²) in [6.07, 6.45) is 3.70. The molecule has 0 aromatic heterocycles. The van der Waals surface area contributed by atoms with Crippen LogP contribution < -0.4 is 5.32 Å². The number of hydrogen-bond donors (Lipinski definition) is 1. The normalized spacial score (nSPS) is 23.1. The molecule has 1 aromatic rings. The van der Waals surface area contributed by atoms with Crippen molar-refractivity contribution in [2.24, 2.45) is 5.92 Å². The zero-order valence-corrected chi connectivity index (χ0v) is 12.6. The average Bonchev–Trinajstić information content (AvgIpc) is 2.72. The summed E-state index contributed by atoms with van der Waals surface area (Å²) in [6, 6.07) is 5.97. The van der Waals surface area contributed by atoms with Gasteiger partial charge in [-0.3, -0.25) is 4.79 Å². The van der Waals surface area contributed by atoms with Gasteiger partial charge in [-0.1, -0.05) is 40.5 Å². The first-order valence-electron chi connectivity index (χ1n) is 6.58. The summed E-state index contributed by atoms with van der Waals surface area (Å²) in [5.41, 5.74) is 2.94. The molecule has 0 bridgehead atoms. The van der Waals surface area contributed by atoms with E-state index in [9.17, 15) is 4.79 Å². The number of rotatable bonds is 3. The van der Waals surface area contributed by atoms with E-state index in [2.05, 4.69) is 21.2 Å². The SMILES string of the molecule is Cc1cccc(C)c1C(=O)NCC1CCCC1Br. The molecule has 0 aliphatic heterocycles. The summed E-state index contributed by atoms with van der Waals surface area (Å²) >= 11 is 3.69. The molecule has 2 unspecified atom stereocenters. The molecular weight excluding hydrogens is 290 g/mol. The maximum absolute atomic E-state index is 12.2. The van der Waals surface area contributed by atoms with Gasteiger partial charge in [-0.05, 0) is 43.7 Å². The molecule has 3 heteroatoms. The molecular formula is C15H20BrNO. The van der Waals surface area contributed by atoms with Crippen LogP contribution >= 0.6 is 15.9 Å². The highest BCUT2D eigenvalue weighted by molar-refractivity contribution is 9.09. The molecule has 0 spiro atoms. The van der Waals surface area contributed by atoms with Crippen LogP contribution in [0.1, 0.15) is 40.7 Å². The fraction of sp³-hybridized carbons (Fsp3) is 0.533. The number of carbonyl (C=O) groups is 1. The second-order valence-electron chi connectivity index (χ2n) is 5.18. The number of aryl methyl sites for hydroxylation is 2. The summed E-state index contributed by atoms with van der Waals surface area (Å²) in [7, 11) is 0. The van der Waals surface area contributed by atoms with E-state index in [-0.39, 0.29) is 5.91 Å². The Bertz CT molecular complexity index is 424. The van der Waals surface area contributed by atoms with Crippen molar-refractivity contribution in [2.75, 3.05) is 6.54 Å². The molecule has 2 atom stereocenters. The van der Waals surface area contributed by atoms with Crippen molar-refractivity contribution < 1.29 is 4.79 Å². The van der Waals surface area contributed by atoms with Gasteiger partial charge in [0.05, 0.1) is 0 Å². The Hall–Kier alpha value is -0.830. The van der Waals surface area contributed by atoms with Crippen LogP contribution in [0.4, 0.5) is 0 Å². The van der Waals surface area contributed by atoms with Gasteiger partial charge in [0.1, 0.15) is 0 Å². The van der Waals surface area contributed by atoms with Crippen LogP contribution in [0.3, 0.4) is 0 Å². The van der Waals surface area contributed by atoms with Crippen molar-refractivity contribution in [3.05, 3.63) is 34.9 Å². The molecule has 0 heterocycles. The predicted molar refractivity (Wildman–Crippen MR) is 78.3 cm³/mol. The third-order valence-corrected chi connectivity index (χ3v) is 5.00. The van der Waals surface area contributed by atoms with E-state index < -0.39 is 0 Å². The Morgan fingerprint density at radius 3 is 2.56 bits per heavy atom. The molecule has 1 aliphatic carbocycles. The zero-order valence-electron chi connectivity index (χ0n) is 11.0. The van der Waals surface area contributed by atoms with Crippen LogP contribution in [0.25, 0.3) is 0 Å². The standard InChI is InChI=1S/C15H20BrNO/c1-10-5-3-6-11(2)14(10)15(18)17-9-12-7-4-8-13(12)16/h3,5-6,12-13H,4,7-9H2,1-2H3,(H,17,18). The van der Waals surface area contributed by atoms with Crippen LogP contribution in [0.2, 0.25) is 0 Å². The predicted octanol–water partition coefficient (Wildman–Crippen LogP) is 3.60. The van der Waals surface area contributed by atoms with Gasteiger partial charge < -0.3 is 5.32 Å². The van der Waals surface area contributed by atoms with Gasteiger partial charge in [0, 0.05) is 16.9 Å². The molecule has 1 saturated carbocycles. The van der Waals surface area contributed by atoms with Gasteiger partial charge >= 0.3 is 0 Å². The fourth-order valence-electron chi connectivity index (χ4n) is 2.71. The van der Waals surface area contributed by atoms with E-state index in [1.54, 1.807) is 0 Å². The third kappa shape index (κ3) is 2.94. The smallest absolute Gasteiger partial charge is 0.251 e. The maximum Gasteiger partial charge on any atom is 0.251 e. The van der Waals surface area contributed by atoms with Gasteiger partial charge in [-0.2, -0.15) is 0 Å². The van der Waals surface area contributed by atoms with Crippen LogP contribution in [-0.2, 0) is 0 Å². The van der Waals surface area contributed by atoms with Crippen LogP contribution in [0, 0.1) is 19.8 Å². The van der Waals surface area contributed by atoms with E-state index in [4.69, 9.17) is 0 Å². The van der Waals surface area contributed by atoms with Crippen molar-refractivity contribution in [2.45, 2.75) is 37.9 Å². The lowest BCUT2D eigenvalue weighted by Crippen LogP contribution is -2.31. The number of halogens is 1. The molecule has 98 valence electrons. The highest BCUT2D eigenvalue weighted by Gasteiger charge is 2.25. The second-order valence-corrected chi connectivity index (χ2v) is 6.36. The third-order valence-electron chi connectivity index (χ3n) is 3.80. The van der Waals surface area contributed by atoms with Gasteiger partial charge in [-0.25, -0.2) is 0 Å². The van der Waals surface area contributed by atoms with Gasteiger partial charge in [0.25, 0.3) is 5.91 Å². The van der Waals surface area contributed by atoms with Crippen molar-refractivity contribution in [3.8, 4) is 0 Å². The Morgan fingerprint density at radius 2 is 2.00 bits per heavy atom. The number of carbonyl (C=O) groups excluding carboxylic acids is 1. The first-order valence-corrected chi connectivity index (χ1v) is 7.49. The molecule has 1 fully saturated rings. The van der Waals surface area contributed by atoms with Crippen molar-refractivity contribution >= 4 is 21.8 Å². The van der Waals surface area contributed by atoms with E-state index in [0.29, 0.717) is 10.7 Å². The minimum atomic E-state index is 0.0669. The zero-order chi connectivity index (χ0) is 13.1. The Kier molecular flexibility index (Phi) is 4.44. The fourth-order valence-corrected chi connectivity index (χ4v) is 3.48. The number of nitrogens with one attached hydrogen (secondary N) is 1. The number of alkyl halides is 1. The highest BCUT2D eigenvalue weighted by atomic mass is 79.9. The molecule has 18 heavy (non-hydrogen) atoms. The molecule has 1 aliphatic rings. The maximum atomic E-state index is 12.2. The molecule has 1 amide bonds. The summed E-state index contributed by atoms with van der Waals surface area (Å²) in [5, 5.41) is 3.08. The molecule has 1 N–H and O–H groups in total. The van der Waals surface area contributed by atoms with Gasteiger partial charge in [0.2, 0.25) is 0 Å². The molecule has 1 aromatic carbocycles. The monoisotopic (exact) mass is 309 g/mol. The topological polar surface area (TPSA) is 29.1 Å². The quantitative estimate of drug-likeness (QED) is 0.849. The van der Waals surface area contributed by atoms with Gasteiger partial charge in [0.15, 0.2) is 0 Å². The van der Waals surface area contributed by atoms with Gasteiger partial charge in [-0.15, -0.1) is 0 Å². The average molecular weight is 310 g/mol. The first-order chi connectivity index (χ1) is 8.59. The molecule has 0 saturated heterocycles. The minimum Gasteiger partial charge on any atom is -0.352 e. The van der Waals surface area contributed by atoms with E-state index in [0.717, 1.165) is 23.2 Å². The Labute approximate surface area is 117 Å². The number of amides is 1. The summed E-state index contributed by atoms with van der Waals surface area (Å²) in [6.45, 7) is 4.76. The Morgan fingerprint density at radius 1 is 1.33 bits per heavy atom. The van der Waals surface area contributed by atoms with Crippen molar-refractivity contribution in [3.63, 3.8) is 0 Å². The lowest BCUT2D eigenvalue weighted by Gasteiger charge is -2.16. The molecule has 0 radical (unpaired) electrons. The van der Waals surface area contributed by atoms with E-state index in [1.807, 2.05) is 32.0 Å². The summed E-state index contributed by atoms with van der Waals surface area (Å²) in [4.78, 5) is 12.8. The minimum absolute atomic E-state index is 0.0669. The van der Waals surface area contributed by atoms with Crippen molar-refractivity contribution in [1.82, 2.24) is 5.32 Å². The number of benzene rings is 1. The van der Waals surface area contributed by atoms with E-state index >= 15 is 0 Å². The first kappa shape index (κ1) is 13.6. The Balaban J connectivity index is 1.99. The van der Waals surface area contributed by atoms with Crippen LogP contribution in [0.15, 0.2) is 18.2 Å². The highest BCUT2D eigenvalue weighted by Crippen LogP contribution is 2.30. The van der Waals surface area contributed by atoms with Crippen molar-refractivity contribution in [1.29, 1.82) is 0 Å². The lowest BCUT2D eigenvalue weighted by molar-refractivity contribution is 0.0946. The second kappa shape index (κ2) is 5.87.